The van der Waals surface area contributed by atoms with Gasteiger partial charge in [-0.1, -0.05) is 17.7 Å². The summed E-state index contributed by atoms with van der Waals surface area (Å²) < 4.78 is 31.6. The number of halogens is 3. The molecule has 0 saturated carbocycles. The molecule has 0 fully saturated rings. The first kappa shape index (κ1) is 18.5. The van der Waals surface area contributed by atoms with E-state index in [2.05, 4.69) is 10.5 Å². The van der Waals surface area contributed by atoms with Gasteiger partial charge in [-0.2, -0.15) is 5.10 Å². The second-order valence-electron chi connectivity index (χ2n) is 4.81. The number of hydrazone groups is 1. The predicted octanol–water partition coefficient (Wildman–Crippen LogP) is 3.83. The number of carbonyl (C=O) groups excluding carboxylic acids is 2. The van der Waals surface area contributed by atoms with Gasteiger partial charge < -0.3 is 4.74 Å². The van der Waals surface area contributed by atoms with Gasteiger partial charge in [0, 0.05) is 5.02 Å². The number of Topliss-reactive ketones (excluding diaryl/α,β-unsaturated/α-hetero) is 1. The molecule has 2 aromatic rings. The molecule has 0 amide bonds. The molecule has 25 heavy (non-hydrogen) atoms. The molecule has 8 heteroatoms. The Labute approximate surface area is 147 Å². The van der Waals surface area contributed by atoms with Crippen LogP contribution in [0.3, 0.4) is 0 Å². The highest BCUT2D eigenvalue weighted by molar-refractivity contribution is 6.30. The van der Waals surface area contributed by atoms with Crippen molar-refractivity contribution in [2.75, 3.05) is 12.0 Å². The van der Waals surface area contributed by atoms with Gasteiger partial charge >= 0.3 is 5.97 Å². The first-order valence-corrected chi connectivity index (χ1v) is 7.51. The van der Waals surface area contributed by atoms with Gasteiger partial charge in [0.25, 0.3) is 0 Å². The van der Waals surface area contributed by atoms with E-state index in [1.54, 1.807) is 24.3 Å². The Morgan fingerprint density at radius 2 is 1.76 bits per heavy atom. The number of nitrogens with zero attached hydrogens (tertiary/aromatic N) is 1. The van der Waals surface area contributed by atoms with Crippen LogP contribution in [0.5, 0.6) is 0 Å². The number of nitrogens with one attached hydrogen (secondary N) is 1. The van der Waals surface area contributed by atoms with E-state index in [-0.39, 0.29) is 6.61 Å². The molecule has 2 rings (SSSR count). The maximum Gasteiger partial charge on any atom is 0.314 e. The minimum atomic E-state index is -1.02. The number of anilines is 1. The van der Waals surface area contributed by atoms with Crippen molar-refractivity contribution in [2.45, 2.75) is 6.42 Å². The summed E-state index contributed by atoms with van der Waals surface area (Å²) in [6, 6.07) is 9.76. The van der Waals surface area contributed by atoms with Crippen LogP contribution in [-0.2, 0) is 9.53 Å². The Morgan fingerprint density at radius 3 is 2.40 bits per heavy atom. The second-order valence-corrected chi connectivity index (χ2v) is 5.25. The largest absolute Gasteiger partial charge is 0.459 e. The minimum absolute atomic E-state index is 0.202. The first-order valence-electron chi connectivity index (χ1n) is 7.13. The summed E-state index contributed by atoms with van der Waals surface area (Å²) in [5.41, 5.74) is 2.61. The van der Waals surface area contributed by atoms with Crippen molar-refractivity contribution < 1.29 is 23.1 Å². The van der Waals surface area contributed by atoms with Crippen molar-refractivity contribution in [3.05, 3.63) is 64.7 Å². The van der Waals surface area contributed by atoms with Crippen molar-refractivity contribution in [1.29, 1.82) is 0 Å². The van der Waals surface area contributed by atoms with Crippen LogP contribution in [0, 0.1) is 11.6 Å². The van der Waals surface area contributed by atoms with Gasteiger partial charge in [0.2, 0.25) is 0 Å². The predicted molar refractivity (Wildman–Crippen MR) is 89.8 cm³/mol. The highest BCUT2D eigenvalue weighted by Crippen LogP contribution is 2.15. The molecule has 0 saturated heterocycles. The molecular weight excluding hydrogens is 354 g/mol. The zero-order valence-corrected chi connectivity index (χ0v) is 13.6. The van der Waals surface area contributed by atoms with Gasteiger partial charge in [-0.05, 0) is 36.4 Å². The van der Waals surface area contributed by atoms with Crippen molar-refractivity contribution in [3.8, 4) is 0 Å². The number of esters is 1. The molecule has 0 aromatic heterocycles. The van der Waals surface area contributed by atoms with Crippen LogP contribution in [0.15, 0.2) is 47.6 Å². The quantitative estimate of drug-likeness (QED) is 0.266. The van der Waals surface area contributed by atoms with Gasteiger partial charge in [0.1, 0.15) is 24.7 Å². The summed E-state index contributed by atoms with van der Waals surface area (Å²) in [7, 11) is 0. The number of carbonyl (C=O) groups is 2. The van der Waals surface area contributed by atoms with Crippen molar-refractivity contribution in [1.82, 2.24) is 0 Å². The van der Waals surface area contributed by atoms with Gasteiger partial charge in [-0.3, -0.25) is 15.0 Å². The molecule has 0 radical (unpaired) electrons. The Kier molecular flexibility index (Phi) is 6.59. The highest BCUT2D eigenvalue weighted by Gasteiger charge is 2.20. The standard InChI is InChI=1S/C17H13ClF2N2O3/c18-11-4-6-12(7-5-11)22-21-8-9-25-16(24)10-15(23)17-13(19)2-1-3-14(17)20/h1-8,22H,9-10H2/b21-8-. The zero-order valence-electron chi connectivity index (χ0n) is 12.8. The molecule has 1 N–H and O–H groups in total. The van der Waals surface area contributed by atoms with E-state index in [1.807, 2.05) is 0 Å². The fourth-order valence-electron chi connectivity index (χ4n) is 1.85. The Bertz CT molecular complexity index is 775. The van der Waals surface area contributed by atoms with E-state index in [9.17, 15) is 18.4 Å². The van der Waals surface area contributed by atoms with E-state index < -0.39 is 35.4 Å². The summed E-state index contributed by atoms with van der Waals surface area (Å²) in [5, 5.41) is 4.39. The maximum atomic E-state index is 13.4. The van der Waals surface area contributed by atoms with Crippen LogP contribution in [0.2, 0.25) is 5.02 Å². The Balaban J connectivity index is 1.78. The summed E-state index contributed by atoms with van der Waals surface area (Å²) in [6.45, 7) is -0.202. The maximum absolute atomic E-state index is 13.4. The number of hydrogen-bond acceptors (Lipinski definition) is 5. The lowest BCUT2D eigenvalue weighted by molar-refractivity contribution is -0.140. The molecule has 0 aliphatic heterocycles. The number of ether oxygens (including phenoxy) is 1. The molecule has 5 nitrogen and oxygen atoms in total. The van der Waals surface area contributed by atoms with Gasteiger partial charge in [0.15, 0.2) is 5.78 Å². The highest BCUT2D eigenvalue weighted by atomic mass is 35.5. The smallest absolute Gasteiger partial charge is 0.314 e. The normalized spacial score (nSPS) is 10.7. The van der Waals surface area contributed by atoms with Gasteiger partial charge in [-0.15, -0.1) is 0 Å². The van der Waals surface area contributed by atoms with E-state index in [4.69, 9.17) is 16.3 Å². The molecule has 130 valence electrons. The number of ketones is 1. The lowest BCUT2D eigenvalue weighted by atomic mass is 10.1. The van der Waals surface area contributed by atoms with Crippen molar-refractivity contribution in [2.24, 2.45) is 5.10 Å². The molecule has 0 atom stereocenters. The van der Waals surface area contributed by atoms with Crippen molar-refractivity contribution >= 4 is 35.3 Å². The lowest BCUT2D eigenvalue weighted by Gasteiger charge is -2.04. The molecule has 0 aliphatic rings. The number of rotatable bonds is 7. The SMILES string of the molecule is O=C(CC(=O)c1c(F)cccc1F)OC/C=N\Nc1ccc(Cl)cc1. The lowest BCUT2D eigenvalue weighted by Crippen LogP contribution is -2.15. The van der Waals surface area contributed by atoms with E-state index >= 15 is 0 Å². The monoisotopic (exact) mass is 366 g/mol. The summed E-state index contributed by atoms with van der Waals surface area (Å²) >= 11 is 5.74. The topological polar surface area (TPSA) is 67.8 Å². The van der Waals surface area contributed by atoms with Crippen LogP contribution < -0.4 is 5.43 Å². The Hall–Kier alpha value is -2.80. The number of benzene rings is 2. The van der Waals surface area contributed by atoms with Gasteiger partial charge in [-0.25, -0.2) is 8.78 Å². The third-order valence-electron chi connectivity index (χ3n) is 2.99. The molecule has 0 bridgehead atoms. The summed E-state index contributed by atoms with van der Waals surface area (Å²) in [4.78, 5) is 23.3. The van der Waals surface area contributed by atoms with Crippen LogP contribution in [0.1, 0.15) is 16.8 Å². The molecule has 2 aromatic carbocycles. The van der Waals surface area contributed by atoms with E-state index in [0.717, 1.165) is 18.2 Å². The fraction of sp³-hybridized carbons (Fsp3) is 0.118. The van der Waals surface area contributed by atoms with Crippen LogP contribution in [0.25, 0.3) is 0 Å². The number of hydrogen-bond donors (Lipinski definition) is 1. The van der Waals surface area contributed by atoms with Crippen molar-refractivity contribution in [3.63, 3.8) is 0 Å². The van der Waals surface area contributed by atoms with Crippen LogP contribution in [-0.4, -0.2) is 24.6 Å². The van der Waals surface area contributed by atoms with E-state index in [1.165, 1.54) is 6.21 Å². The molecular formula is C17H13ClF2N2O3. The molecule has 0 aliphatic carbocycles. The third kappa shape index (κ3) is 5.65. The van der Waals surface area contributed by atoms with Gasteiger partial charge in [0.05, 0.1) is 17.5 Å². The molecule has 0 spiro atoms. The first-order chi connectivity index (χ1) is 12.0. The third-order valence-corrected chi connectivity index (χ3v) is 3.25. The van der Waals surface area contributed by atoms with Crippen LogP contribution >= 0.6 is 11.6 Å². The van der Waals surface area contributed by atoms with Crippen LogP contribution in [0.4, 0.5) is 14.5 Å². The summed E-state index contributed by atoms with van der Waals surface area (Å²) in [5.74, 6) is -3.94. The molecule has 0 heterocycles. The zero-order chi connectivity index (χ0) is 18.2. The fourth-order valence-corrected chi connectivity index (χ4v) is 1.97. The average Bonchev–Trinajstić information content (AvgIpc) is 2.56. The minimum Gasteiger partial charge on any atom is -0.459 e. The van der Waals surface area contributed by atoms with E-state index in [0.29, 0.717) is 10.7 Å². The molecule has 0 unspecified atom stereocenters. The average molecular weight is 367 g/mol. The Morgan fingerprint density at radius 1 is 1.12 bits per heavy atom. The summed E-state index contributed by atoms with van der Waals surface area (Å²) in [6.07, 6.45) is 0.497. The second kappa shape index (κ2) is 8.89.